The molecule has 0 unspecified atom stereocenters. The second-order valence-electron chi connectivity index (χ2n) is 8.13. The number of nitrogens with one attached hydrogen (secondary N) is 1. The van der Waals surface area contributed by atoms with Crippen molar-refractivity contribution < 1.29 is 18.0 Å². The Kier molecular flexibility index (Phi) is 5.41. The van der Waals surface area contributed by atoms with E-state index in [1.54, 1.807) is 40.5 Å². The van der Waals surface area contributed by atoms with E-state index in [4.69, 9.17) is 5.73 Å². The number of fused-ring (bicyclic) bond motifs is 1. The molecule has 0 aliphatic heterocycles. The van der Waals surface area contributed by atoms with Crippen molar-refractivity contribution in [2.75, 3.05) is 0 Å². The van der Waals surface area contributed by atoms with Gasteiger partial charge in [0.15, 0.2) is 5.65 Å². The van der Waals surface area contributed by atoms with E-state index in [0.717, 1.165) is 22.5 Å². The minimum atomic E-state index is -3.03. The lowest BCUT2D eigenvalue weighted by Crippen LogP contribution is -2.59. The predicted molar refractivity (Wildman–Crippen MR) is 120 cm³/mol. The Bertz CT molecular complexity index is 1320. The van der Waals surface area contributed by atoms with Crippen molar-refractivity contribution in [1.82, 2.24) is 19.9 Å². The van der Waals surface area contributed by atoms with Crippen molar-refractivity contribution in [3.8, 4) is 22.4 Å². The third-order valence-corrected chi connectivity index (χ3v) is 6.80. The van der Waals surface area contributed by atoms with Crippen molar-refractivity contribution in [1.29, 1.82) is 0 Å². The van der Waals surface area contributed by atoms with Gasteiger partial charge in [0, 0.05) is 29.0 Å². The number of carbonyl (C=O) groups is 1. The Morgan fingerprint density at radius 2 is 1.94 bits per heavy atom. The van der Waals surface area contributed by atoms with E-state index in [1.807, 2.05) is 6.07 Å². The van der Waals surface area contributed by atoms with Crippen LogP contribution in [0.5, 0.6) is 0 Å². The van der Waals surface area contributed by atoms with Gasteiger partial charge in [-0.3, -0.25) is 4.79 Å². The van der Waals surface area contributed by atoms with Crippen molar-refractivity contribution in [2.24, 2.45) is 5.73 Å². The second kappa shape index (κ2) is 8.27. The summed E-state index contributed by atoms with van der Waals surface area (Å²) in [6.07, 6.45) is 3.79. The van der Waals surface area contributed by atoms with E-state index >= 15 is 0 Å². The SMILES string of the molecule is N[C@@H]1CCCC(F)(F)[C@@H]1NC(=O)c1cc(-c2cnc3cc(-c4ccc(F)cc4)cnn23)cs1. The molecule has 0 spiro atoms. The molecule has 1 fully saturated rings. The monoisotopic (exact) mass is 471 g/mol. The van der Waals surface area contributed by atoms with Gasteiger partial charge < -0.3 is 11.1 Å². The van der Waals surface area contributed by atoms with Gasteiger partial charge in [0.25, 0.3) is 11.8 Å². The first kappa shape index (κ1) is 21.6. The summed E-state index contributed by atoms with van der Waals surface area (Å²) in [5, 5.41) is 8.63. The number of nitrogens with zero attached hydrogens (tertiary/aromatic N) is 3. The quantitative estimate of drug-likeness (QED) is 0.459. The van der Waals surface area contributed by atoms with E-state index in [2.05, 4.69) is 15.4 Å². The number of aromatic nitrogens is 3. The molecule has 1 saturated carbocycles. The highest BCUT2D eigenvalue weighted by molar-refractivity contribution is 7.12. The van der Waals surface area contributed by atoms with E-state index in [1.165, 1.54) is 12.1 Å². The molecule has 0 saturated heterocycles. The highest BCUT2D eigenvalue weighted by atomic mass is 32.1. The van der Waals surface area contributed by atoms with Crippen molar-refractivity contribution in [3.05, 3.63) is 64.9 Å². The lowest BCUT2D eigenvalue weighted by atomic mass is 9.87. The molecule has 1 aromatic carbocycles. The van der Waals surface area contributed by atoms with E-state index in [-0.39, 0.29) is 12.2 Å². The summed E-state index contributed by atoms with van der Waals surface area (Å²) >= 11 is 1.15. The molecular formula is C23H20F3N5OS. The number of alkyl halides is 2. The Labute approximate surface area is 191 Å². The minimum absolute atomic E-state index is 0.283. The summed E-state index contributed by atoms with van der Waals surface area (Å²) in [5.41, 5.74) is 9.39. The van der Waals surface area contributed by atoms with Crippen molar-refractivity contribution in [3.63, 3.8) is 0 Å². The average molecular weight is 472 g/mol. The Morgan fingerprint density at radius 3 is 2.70 bits per heavy atom. The number of rotatable bonds is 4. The highest BCUT2D eigenvalue weighted by Gasteiger charge is 2.46. The molecule has 0 radical (unpaired) electrons. The molecule has 170 valence electrons. The van der Waals surface area contributed by atoms with E-state index in [0.29, 0.717) is 34.6 Å². The summed E-state index contributed by atoms with van der Waals surface area (Å²) in [6.45, 7) is 0. The molecule has 4 aromatic rings. The first-order chi connectivity index (χ1) is 15.8. The maximum absolute atomic E-state index is 14.2. The largest absolute Gasteiger partial charge is 0.341 e. The normalized spacial score (nSPS) is 20.1. The van der Waals surface area contributed by atoms with E-state index < -0.39 is 23.9 Å². The predicted octanol–water partition coefficient (Wildman–Crippen LogP) is 4.51. The van der Waals surface area contributed by atoms with Crippen LogP contribution in [0.3, 0.4) is 0 Å². The second-order valence-corrected chi connectivity index (χ2v) is 9.04. The molecule has 10 heteroatoms. The number of hydrogen-bond acceptors (Lipinski definition) is 5. The molecule has 1 amide bonds. The zero-order chi connectivity index (χ0) is 23.2. The van der Waals surface area contributed by atoms with Gasteiger partial charge in [0.2, 0.25) is 0 Å². The van der Waals surface area contributed by atoms with Gasteiger partial charge in [-0.25, -0.2) is 22.7 Å². The van der Waals surface area contributed by atoms with Crippen LogP contribution in [-0.4, -0.2) is 38.5 Å². The first-order valence-electron chi connectivity index (χ1n) is 10.4. The van der Waals surface area contributed by atoms with Crippen LogP contribution in [-0.2, 0) is 0 Å². The van der Waals surface area contributed by atoms with Gasteiger partial charge in [0.1, 0.15) is 11.9 Å². The number of halogens is 3. The van der Waals surface area contributed by atoms with Gasteiger partial charge in [-0.15, -0.1) is 11.3 Å². The van der Waals surface area contributed by atoms with Crippen LogP contribution in [0.2, 0.25) is 0 Å². The summed E-state index contributed by atoms with van der Waals surface area (Å²) < 4.78 is 43.3. The minimum Gasteiger partial charge on any atom is -0.341 e. The molecule has 1 aliphatic rings. The summed E-state index contributed by atoms with van der Waals surface area (Å²) in [6, 6.07) is 7.38. The van der Waals surface area contributed by atoms with Crippen LogP contribution in [0.25, 0.3) is 28.0 Å². The van der Waals surface area contributed by atoms with Crippen molar-refractivity contribution in [2.45, 2.75) is 37.3 Å². The van der Waals surface area contributed by atoms with Gasteiger partial charge in [-0.1, -0.05) is 12.1 Å². The average Bonchev–Trinajstić information content (AvgIpc) is 3.43. The Balaban J connectivity index is 1.38. The van der Waals surface area contributed by atoms with Crippen LogP contribution in [0, 0.1) is 5.82 Å². The van der Waals surface area contributed by atoms with Crippen LogP contribution < -0.4 is 11.1 Å². The molecule has 0 bridgehead atoms. The fourth-order valence-corrected chi connectivity index (χ4v) is 4.90. The third kappa shape index (κ3) is 4.11. The molecule has 5 rings (SSSR count). The molecule has 2 atom stereocenters. The third-order valence-electron chi connectivity index (χ3n) is 5.88. The number of nitrogens with two attached hydrogens (primary N) is 1. The van der Waals surface area contributed by atoms with Crippen LogP contribution in [0.15, 0.2) is 54.2 Å². The summed E-state index contributed by atoms with van der Waals surface area (Å²) in [4.78, 5) is 17.4. The number of imidazole rings is 1. The molecule has 3 aromatic heterocycles. The maximum Gasteiger partial charge on any atom is 0.269 e. The number of hydrogen-bond donors (Lipinski definition) is 2. The highest BCUT2D eigenvalue weighted by Crippen LogP contribution is 2.34. The molecule has 33 heavy (non-hydrogen) atoms. The fourth-order valence-electron chi connectivity index (χ4n) is 4.10. The van der Waals surface area contributed by atoms with Gasteiger partial charge >= 0.3 is 0 Å². The first-order valence-corrected chi connectivity index (χ1v) is 11.3. The van der Waals surface area contributed by atoms with Crippen LogP contribution >= 0.6 is 11.3 Å². The van der Waals surface area contributed by atoms with Crippen LogP contribution in [0.1, 0.15) is 28.9 Å². The molecule has 3 heterocycles. The lowest BCUT2D eigenvalue weighted by molar-refractivity contribution is -0.0674. The fraction of sp³-hybridized carbons (Fsp3) is 0.261. The lowest BCUT2D eigenvalue weighted by Gasteiger charge is -2.36. The number of benzene rings is 1. The molecular weight excluding hydrogens is 451 g/mol. The zero-order valence-corrected chi connectivity index (χ0v) is 18.2. The maximum atomic E-state index is 14.2. The molecule has 1 aliphatic carbocycles. The van der Waals surface area contributed by atoms with Gasteiger partial charge in [-0.2, -0.15) is 5.10 Å². The number of amides is 1. The topological polar surface area (TPSA) is 85.3 Å². The van der Waals surface area contributed by atoms with Gasteiger partial charge in [-0.05, 0) is 42.7 Å². The smallest absolute Gasteiger partial charge is 0.269 e. The summed E-state index contributed by atoms with van der Waals surface area (Å²) in [5.74, 6) is -3.92. The van der Waals surface area contributed by atoms with Gasteiger partial charge in [0.05, 0.1) is 23.0 Å². The van der Waals surface area contributed by atoms with Crippen LogP contribution in [0.4, 0.5) is 13.2 Å². The Morgan fingerprint density at radius 1 is 1.15 bits per heavy atom. The Hall–Kier alpha value is -3.24. The zero-order valence-electron chi connectivity index (χ0n) is 17.3. The van der Waals surface area contributed by atoms with E-state index in [9.17, 15) is 18.0 Å². The summed E-state index contributed by atoms with van der Waals surface area (Å²) in [7, 11) is 0. The standard InChI is InChI=1S/C23H20F3N5OS/c24-16-5-3-13(4-6-16)14-9-20-28-11-18(31(20)29-10-14)15-8-19(33-12-15)22(32)30-21-17(27)2-1-7-23(21,25)26/h3-6,8-12,17,21H,1-2,7,27H2,(H,30,32)/t17-,21-/m1/s1. The molecule has 3 N–H and O–H groups in total. The van der Waals surface area contributed by atoms with Crippen molar-refractivity contribution >= 4 is 22.9 Å². The molecule has 6 nitrogen and oxygen atoms in total. The number of thiophene rings is 1. The number of carbonyl (C=O) groups excluding carboxylic acids is 1.